The van der Waals surface area contributed by atoms with Crippen molar-refractivity contribution in [3.8, 4) is 6.07 Å². The van der Waals surface area contributed by atoms with E-state index >= 15 is 0 Å². The monoisotopic (exact) mass is 249 g/mol. The highest BCUT2D eigenvalue weighted by Gasteiger charge is 2.44. The summed E-state index contributed by atoms with van der Waals surface area (Å²) in [5.74, 6) is 0.154. The van der Waals surface area contributed by atoms with Gasteiger partial charge in [0.15, 0.2) is 5.13 Å². The molecule has 4 nitrogen and oxygen atoms in total. The molecule has 0 aliphatic heterocycles. The molecule has 1 aliphatic carbocycles. The molecule has 90 valence electrons. The van der Waals surface area contributed by atoms with Crippen molar-refractivity contribution in [1.82, 2.24) is 4.98 Å². The predicted octanol–water partition coefficient (Wildman–Crippen LogP) is 2.90. The highest BCUT2D eigenvalue weighted by Crippen LogP contribution is 2.41. The minimum atomic E-state index is -0.802. The first-order chi connectivity index (χ1) is 8.07. The van der Waals surface area contributed by atoms with Crippen molar-refractivity contribution in [3.05, 3.63) is 11.1 Å². The molecule has 1 amide bonds. The molecule has 1 aliphatic rings. The number of nitrogens with one attached hydrogen (secondary N) is 1. The lowest BCUT2D eigenvalue weighted by molar-refractivity contribution is -0.126. The number of hydrogen-bond acceptors (Lipinski definition) is 4. The molecule has 1 heterocycles. The molecule has 0 spiro atoms. The van der Waals surface area contributed by atoms with Crippen molar-refractivity contribution in [1.29, 1.82) is 5.26 Å². The molecule has 0 bridgehead atoms. The molecule has 0 aromatic carbocycles. The molecular weight excluding hydrogens is 234 g/mol. The van der Waals surface area contributed by atoms with E-state index in [1.165, 1.54) is 11.3 Å². The number of anilines is 1. The second-order valence-electron chi connectivity index (χ2n) is 4.73. The summed E-state index contributed by atoms with van der Waals surface area (Å²) in [5.41, 5.74) is 0.175. The zero-order chi connectivity index (χ0) is 12.5. The quantitative estimate of drug-likeness (QED) is 0.895. The summed E-state index contributed by atoms with van der Waals surface area (Å²) in [6.45, 7) is 4.12. The van der Waals surface area contributed by atoms with Gasteiger partial charge in [0.1, 0.15) is 5.41 Å². The van der Waals surface area contributed by atoms with Gasteiger partial charge in [0, 0.05) is 5.38 Å². The normalized spacial score (nSPS) is 17.3. The van der Waals surface area contributed by atoms with Crippen LogP contribution in [0.1, 0.15) is 44.7 Å². The van der Waals surface area contributed by atoms with Crippen LogP contribution in [-0.2, 0) is 4.79 Å². The number of hydrogen-bond donors (Lipinski definition) is 1. The van der Waals surface area contributed by atoms with E-state index in [4.69, 9.17) is 5.26 Å². The smallest absolute Gasteiger partial charge is 0.246 e. The Morgan fingerprint density at radius 3 is 2.76 bits per heavy atom. The van der Waals surface area contributed by atoms with Crippen LogP contribution in [-0.4, -0.2) is 10.9 Å². The van der Waals surface area contributed by atoms with E-state index in [0.717, 1.165) is 12.1 Å². The van der Waals surface area contributed by atoms with Crippen LogP contribution in [0.25, 0.3) is 0 Å². The van der Waals surface area contributed by atoms with E-state index in [1.54, 1.807) is 0 Å². The van der Waals surface area contributed by atoms with Crippen LogP contribution < -0.4 is 5.32 Å². The van der Waals surface area contributed by atoms with Gasteiger partial charge in [-0.15, -0.1) is 11.3 Å². The summed E-state index contributed by atoms with van der Waals surface area (Å²) in [6.07, 6.45) is 2.28. The molecule has 0 radical (unpaired) electrons. The number of carbonyl (C=O) groups is 1. The Balaban J connectivity index is 2.06. The van der Waals surface area contributed by atoms with Crippen LogP contribution in [0.2, 0.25) is 0 Å². The Hall–Kier alpha value is -1.41. The van der Waals surface area contributed by atoms with Crippen molar-refractivity contribution >= 4 is 22.4 Å². The Morgan fingerprint density at radius 2 is 2.35 bits per heavy atom. The van der Waals surface area contributed by atoms with Crippen molar-refractivity contribution in [2.45, 2.75) is 39.0 Å². The maximum atomic E-state index is 12.0. The molecule has 17 heavy (non-hydrogen) atoms. The second kappa shape index (κ2) is 4.46. The summed E-state index contributed by atoms with van der Waals surface area (Å²) in [6, 6.07) is 2.13. The molecule has 1 fully saturated rings. The number of nitriles is 1. The van der Waals surface area contributed by atoms with Gasteiger partial charge in [0.05, 0.1) is 11.8 Å². The molecule has 0 saturated heterocycles. The third-order valence-corrected chi connectivity index (χ3v) is 3.97. The summed E-state index contributed by atoms with van der Waals surface area (Å²) < 4.78 is 0. The van der Waals surface area contributed by atoms with E-state index in [1.807, 2.05) is 5.38 Å². The first kappa shape index (κ1) is 12.1. The molecule has 1 N–H and O–H groups in total. The van der Waals surface area contributed by atoms with Gasteiger partial charge in [-0.25, -0.2) is 4.98 Å². The number of thiazole rings is 1. The second-order valence-corrected chi connectivity index (χ2v) is 5.59. The summed E-state index contributed by atoms with van der Waals surface area (Å²) in [4.78, 5) is 16.3. The van der Waals surface area contributed by atoms with Gasteiger partial charge in [-0.05, 0) is 25.2 Å². The third-order valence-electron chi connectivity index (χ3n) is 3.19. The fourth-order valence-corrected chi connectivity index (χ4v) is 2.61. The van der Waals surface area contributed by atoms with Gasteiger partial charge in [-0.1, -0.05) is 13.8 Å². The summed E-state index contributed by atoms with van der Waals surface area (Å²) in [5, 5.41) is 14.3. The van der Waals surface area contributed by atoms with Gasteiger partial charge in [0.2, 0.25) is 5.91 Å². The van der Waals surface area contributed by atoms with Crippen LogP contribution >= 0.6 is 11.3 Å². The van der Waals surface area contributed by atoms with E-state index < -0.39 is 5.41 Å². The lowest BCUT2D eigenvalue weighted by Gasteiger charge is -2.32. The van der Waals surface area contributed by atoms with Crippen LogP contribution in [0.5, 0.6) is 0 Å². The molecular formula is C12H15N3OS. The van der Waals surface area contributed by atoms with Gasteiger partial charge < -0.3 is 5.32 Å². The topological polar surface area (TPSA) is 65.8 Å². The minimum Gasteiger partial charge on any atom is -0.301 e. The molecule has 2 rings (SSSR count). The van der Waals surface area contributed by atoms with Crippen molar-refractivity contribution < 1.29 is 4.79 Å². The first-order valence-electron chi connectivity index (χ1n) is 5.75. The standard InChI is InChI=1S/C12H15N3OS/c1-8(2)9-6-17-11(14-9)15-10(16)12(7-13)4-3-5-12/h6,8H,3-5H2,1-2H3,(H,14,15,16). The zero-order valence-corrected chi connectivity index (χ0v) is 10.8. The Morgan fingerprint density at radius 1 is 1.65 bits per heavy atom. The highest BCUT2D eigenvalue weighted by atomic mass is 32.1. The Labute approximate surface area is 105 Å². The van der Waals surface area contributed by atoms with Crippen LogP contribution in [0.3, 0.4) is 0 Å². The highest BCUT2D eigenvalue weighted by molar-refractivity contribution is 7.13. The largest absolute Gasteiger partial charge is 0.301 e. The average Bonchev–Trinajstić information content (AvgIpc) is 2.65. The summed E-state index contributed by atoms with van der Waals surface area (Å²) in [7, 11) is 0. The van der Waals surface area contributed by atoms with E-state index in [9.17, 15) is 4.79 Å². The van der Waals surface area contributed by atoms with Crippen LogP contribution in [0.15, 0.2) is 5.38 Å². The Bertz CT molecular complexity index is 468. The lowest BCUT2D eigenvalue weighted by atomic mass is 9.69. The van der Waals surface area contributed by atoms with Crippen molar-refractivity contribution in [3.63, 3.8) is 0 Å². The predicted molar refractivity (Wildman–Crippen MR) is 66.7 cm³/mol. The third kappa shape index (κ3) is 2.18. The van der Waals surface area contributed by atoms with Crippen molar-refractivity contribution in [2.75, 3.05) is 5.32 Å². The SMILES string of the molecule is CC(C)c1csc(NC(=O)C2(C#N)CCC2)n1. The fraction of sp³-hybridized carbons (Fsp3) is 0.583. The van der Waals surface area contributed by atoms with Gasteiger partial charge in [-0.3, -0.25) is 4.79 Å². The van der Waals surface area contributed by atoms with E-state index in [0.29, 0.717) is 23.9 Å². The molecule has 0 atom stereocenters. The number of amides is 1. The molecule has 0 unspecified atom stereocenters. The summed E-state index contributed by atoms with van der Waals surface area (Å²) >= 11 is 1.41. The zero-order valence-electron chi connectivity index (χ0n) is 9.99. The molecule has 1 aromatic rings. The fourth-order valence-electron chi connectivity index (χ4n) is 1.75. The van der Waals surface area contributed by atoms with Crippen molar-refractivity contribution in [2.24, 2.45) is 5.41 Å². The maximum Gasteiger partial charge on any atom is 0.246 e. The number of rotatable bonds is 3. The van der Waals surface area contributed by atoms with E-state index in [2.05, 4.69) is 30.2 Å². The van der Waals surface area contributed by atoms with Crippen LogP contribution in [0.4, 0.5) is 5.13 Å². The average molecular weight is 249 g/mol. The van der Waals surface area contributed by atoms with Gasteiger partial charge in [-0.2, -0.15) is 5.26 Å². The Kier molecular flexibility index (Phi) is 3.16. The number of nitrogens with zero attached hydrogens (tertiary/aromatic N) is 2. The lowest BCUT2D eigenvalue weighted by Crippen LogP contribution is -2.40. The molecule has 1 aromatic heterocycles. The minimum absolute atomic E-state index is 0.198. The maximum absolute atomic E-state index is 12.0. The van der Waals surface area contributed by atoms with Gasteiger partial charge >= 0.3 is 0 Å². The molecule has 5 heteroatoms. The van der Waals surface area contributed by atoms with Gasteiger partial charge in [0.25, 0.3) is 0 Å². The van der Waals surface area contributed by atoms with Crippen LogP contribution in [0, 0.1) is 16.7 Å². The number of aromatic nitrogens is 1. The molecule has 1 saturated carbocycles. The number of carbonyl (C=O) groups excluding carboxylic acids is 1. The first-order valence-corrected chi connectivity index (χ1v) is 6.63. The van der Waals surface area contributed by atoms with E-state index in [-0.39, 0.29) is 5.91 Å².